The standard InChI is InChI=1S/C14H17N3/c1-10-6-12-3-4-13(7-10)17(12)14-5-2-11(8-15)9-16-14/h2,5,9-10,12-13H,3-4,6-7H2,1H3. The molecule has 2 fully saturated rings. The molecule has 2 unspecified atom stereocenters. The van der Waals surface area contributed by atoms with Gasteiger partial charge in [-0.15, -0.1) is 0 Å². The number of hydrogen-bond acceptors (Lipinski definition) is 3. The summed E-state index contributed by atoms with van der Waals surface area (Å²) in [5, 5.41) is 8.79. The molecule has 3 rings (SSSR count). The molecule has 0 spiro atoms. The van der Waals surface area contributed by atoms with Crippen LogP contribution in [-0.4, -0.2) is 17.1 Å². The van der Waals surface area contributed by atoms with Crippen molar-refractivity contribution in [2.24, 2.45) is 5.92 Å². The molecular weight excluding hydrogens is 210 g/mol. The molecule has 3 heterocycles. The summed E-state index contributed by atoms with van der Waals surface area (Å²) in [4.78, 5) is 6.93. The topological polar surface area (TPSA) is 39.9 Å². The molecule has 3 nitrogen and oxygen atoms in total. The normalized spacial score (nSPS) is 31.3. The SMILES string of the molecule is CC1CC2CCC(C1)N2c1ccc(C#N)cn1. The van der Waals surface area contributed by atoms with Crippen molar-refractivity contribution in [3.8, 4) is 6.07 Å². The van der Waals surface area contributed by atoms with Gasteiger partial charge >= 0.3 is 0 Å². The molecule has 2 atom stereocenters. The van der Waals surface area contributed by atoms with Gasteiger partial charge in [0.15, 0.2) is 0 Å². The Bertz CT molecular complexity index is 432. The number of pyridine rings is 1. The smallest absolute Gasteiger partial charge is 0.129 e. The van der Waals surface area contributed by atoms with Crippen molar-refractivity contribution in [2.45, 2.75) is 44.7 Å². The number of nitriles is 1. The number of nitrogens with zero attached hydrogens (tertiary/aromatic N) is 3. The lowest BCUT2D eigenvalue weighted by Gasteiger charge is -2.38. The van der Waals surface area contributed by atoms with Crippen LogP contribution in [0.25, 0.3) is 0 Å². The van der Waals surface area contributed by atoms with E-state index in [0.717, 1.165) is 11.7 Å². The zero-order valence-electron chi connectivity index (χ0n) is 10.1. The van der Waals surface area contributed by atoms with Crippen molar-refractivity contribution in [1.29, 1.82) is 5.26 Å². The third-order valence-electron chi connectivity index (χ3n) is 4.11. The molecule has 1 aromatic heterocycles. The van der Waals surface area contributed by atoms with Gasteiger partial charge in [-0.1, -0.05) is 6.92 Å². The maximum absolute atomic E-state index is 8.79. The molecule has 0 saturated carbocycles. The highest BCUT2D eigenvalue weighted by Crippen LogP contribution is 2.40. The Morgan fingerprint density at radius 1 is 1.29 bits per heavy atom. The van der Waals surface area contributed by atoms with Crippen molar-refractivity contribution >= 4 is 5.82 Å². The summed E-state index contributed by atoms with van der Waals surface area (Å²) in [6, 6.07) is 7.34. The highest BCUT2D eigenvalue weighted by molar-refractivity contribution is 5.46. The van der Waals surface area contributed by atoms with E-state index < -0.39 is 0 Å². The minimum atomic E-state index is 0.645. The van der Waals surface area contributed by atoms with Gasteiger partial charge in [0.2, 0.25) is 0 Å². The summed E-state index contributed by atoms with van der Waals surface area (Å²) in [6.45, 7) is 2.36. The molecule has 0 radical (unpaired) electrons. The highest BCUT2D eigenvalue weighted by atomic mass is 15.3. The van der Waals surface area contributed by atoms with Crippen LogP contribution < -0.4 is 4.90 Å². The number of fused-ring (bicyclic) bond motifs is 2. The molecule has 0 amide bonds. The average molecular weight is 227 g/mol. The zero-order valence-corrected chi connectivity index (χ0v) is 10.1. The minimum absolute atomic E-state index is 0.645. The van der Waals surface area contributed by atoms with E-state index in [0.29, 0.717) is 17.6 Å². The molecule has 1 aromatic rings. The number of aromatic nitrogens is 1. The zero-order chi connectivity index (χ0) is 11.8. The fourth-order valence-corrected chi connectivity index (χ4v) is 3.43. The lowest BCUT2D eigenvalue weighted by atomic mass is 9.92. The van der Waals surface area contributed by atoms with Gasteiger partial charge in [-0.25, -0.2) is 4.98 Å². The summed E-state index contributed by atoms with van der Waals surface area (Å²) < 4.78 is 0. The van der Waals surface area contributed by atoms with Gasteiger partial charge in [0.05, 0.1) is 5.56 Å². The van der Waals surface area contributed by atoms with Gasteiger partial charge < -0.3 is 4.90 Å². The first-order chi connectivity index (χ1) is 8.28. The first kappa shape index (κ1) is 10.6. The van der Waals surface area contributed by atoms with Crippen LogP contribution in [0.5, 0.6) is 0 Å². The Hall–Kier alpha value is -1.56. The highest BCUT2D eigenvalue weighted by Gasteiger charge is 2.39. The molecule has 17 heavy (non-hydrogen) atoms. The van der Waals surface area contributed by atoms with Gasteiger partial charge in [-0.3, -0.25) is 0 Å². The lowest BCUT2D eigenvalue weighted by molar-refractivity contribution is 0.361. The second-order valence-electron chi connectivity index (χ2n) is 5.39. The second kappa shape index (κ2) is 4.03. The van der Waals surface area contributed by atoms with E-state index in [1.165, 1.54) is 25.7 Å². The molecule has 3 heteroatoms. The van der Waals surface area contributed by atoms with Crippen molar-refractivity contribution in [3.63, 3.8) is 0 Å². The van der Waals surface area contributed by atoms with Crippen LogP contribution in [0.4, 0.5) is 5.82 Å². The Morgan fingerprint density at radius 3 is 2.53 bits per heavy atom. The van der Waals surface area contributed by atoms with E-state index in [1.54, 1.807) is 6.20 Å². The van der Waals surface area contributed by atoms with Gasteiger partial charge in [0.25, 0.3) is 0 Å². The van der Waals surface area contributed by atoms with Crippen molar-refractivity contribution in [3.05, 3.63) is 23.9 Å². The predicted octanol–water partition coefficient (Wildman–Crippen LogP) is 2.72. The Labute approximate surface area is 102 Å². The predicted molar refractivity (Wildman–Crippen MR) is 66.6 cm³/mol. The molecular formula is C14H17N3. The van der Waals surface area contributed by atoms with Crippen LogP contribution in [0.2, 0.25) is 0 Å². The van der Waals surface area contributed by atoms with Crippen LogP contribution in [-0.2, 0) is 0 Å². The number of hydrogen-bond donors (Lipinski definition) is 0. The van der Waals surface area contributed by atoms with Gasteiger partial charge in [-0.05, 0) is 43.7 Å². The first-order valence-corrected chi connectivity index (χ1v) is 6.42. The fraction of sp³-hybridized carbons (Fsp3) is 0.571. The average Bonchev–Trinajstić information content (AvgIpc) is 2.62. The molecule has 2 aliphatic heterocycles. The van der Waals surface area contributed by atoms with Crippen LogP contribution >= 0.6 is 0 Å². The fourth-order valence-electron chi connectivity index (χ4n) is 3.43. The van der Waals surface area contributed by atoms with Crippen LogP contribution in [0.3, 0.4) is 0 Å². The monoisotopic (exact) mass is 227 g/mol. The molecule has 2 aliphatic rings. The molecule has 0 aliphatic carbocycles. The number of piperidine rings is 1. The summed E-state index contributed by atoms with van der Waals surface area (Å²) in [5.74, 6) is 1.91. The maximum atomic E-state index is 8.79. The lowest BCUT2D eigenvalue weighted by Crippen LogP contribution is -2.42. The Kier molecular flexibility index (Phi) is 2.51. The first-order valence-electron chi connectivity index (χ1n) is 6.42. The van der Waals surface area contributed by atoms with Crippen molar-refractivity contribution in [1.82, 2.24) is 4.98 Å². The third kappa shape index (κ3) is 1.78. The molecule has 2 saturated heterocycles. The second-order valence-corrected chi connectivity index (χ2v) is 5.39. The third-order valence-corrected chi connectivity index (χ3v) is 4.11. The quantitative estimate of drug-likeness (QED) is 0.740. The van der Waals surface area contributed by atoms with Gasteiger partial charge in [-0.2, -0.15) is 5.26 Å². The van der Waals surface area contributed by atoms with E-state index in [2.05, 4.69) is 22.9 Å². The van der Waals surface area contributed by atoms with Crippen LogP contribution in [0, 0.1) is 17.2 Å². The molecule has 88 valence electrons. The van der Waals surface area contributed by atoms with Gasteiger partial charge in [0.1, 0.15) is 11.9 Å². The van der Waals surface area contributed by atoms with Crippen LogP contribution in [0.15, 0.2) is 18.3 Å². The minimum Gasteiger partial charge on any atom is -0.351 e. The number of anilines is 1. The van der Waals surface area contributed by atoms with E-state index in [9.17, 15) is 0 Å². The van der Waals surface area contributed by atoms with E-state index in [4.69, 9.17) is 5.26 Å². The summed E-state index contributed by atoms with van der Waals surface area (Å²) in [5.41, 5.74) is 0.645. The van der Waals surface area contributed by atoms with E-state index in [-0.39, 0.29) is 0 Å². The molecule has 0 aromatic carbocycles. The van der Waals surface area contributed by atoms with Crippen molar-refractivity contribution in [2.75, 3.05) is 4.90 Å². The van der Waals surface area contributed by atoms with E-state index in [1.807, 2.05) is 12.1 Å². The van der Waals surface area contributed by atoms with Gasteiger partial charge in [0, 0.05) is 18.3 Å². The maximum Gasteiger partial charge on any atom is 0.129 e. The Morgan fingerprint density at radius 2 is 2.00 bits per heavy atom. The number of rotatable bonds is 1. The van der Waals surface area contributed by atoms with Crippen molar-refractivity contribution < 1.29 is 0 Å². The molecule has 0 N–H and O–H groups in total. The summed E-state index contributed by atoms with van der Waals surface area (Å²) >= 11 is 0. The summed E-state index contributed by atoms with van der Waals surface area (Å²) in [7, 11) is 0. The Balaban J connectivity index is 1.87. The molecule has 2 bridgehead atoms. The van der Waals surface area contributed by atoms with Crippen LogP contribution in [0.1, 0.15) is 38.2 Å². The van der Waals surface area contributed by atoms with E-state index >= 15 is 0 Å². The summed E-state index contributed by atoms with van der Waals surface area (Å²) in [6.07, 6.45) is 6.87. The largest absolute Gasteiger partial charge is 0.351 e.